The van der Waals surface area contributed by atoms with E-state index in [1.165, 1.54) is 12.8 Å². The summed E-state index contributed by atoms with van der Waals surface area (Å²) < 4.78 is 0. The van der Waals surface area contributed by atoms with Crippen molar-refractivity contribution in [3.8, 4) is 0 Å². The van der Waals surface area contributed by atoms with Crippen molar-refractivity contribution < 1.29 is 19.8 Å². The molecular weight excluding hydrogens is 284 g/mol. The molecule has 2 rings (SSSR count). The number of hydrogen-bond acceptors (Lipinski definition) is 4. The molecule has 0 spiro atoms. The van der Waals surface area contributed by atoms with Crippen molar-refractivity contribution in [1.82, 2.24) is 0 Å². The van der Waals surface area contributed by atoms with Crippen LogP contribution < -0.4 is 11.5 Å². The van der Waals surface area contributed by atoms with Crippen LogP contribution in [0.1, 0.15) is 64.2 Å². The quantitative estimate of drug-likeness (QED) is 0.628. The molecule has 0 aromatic carbocycles. The summed E-state index contributed by atoms with van der Waals surface area (Å²) in [5.74, 6) is -1.25. The topological polar surface area (TPSA) is 127 Å². The number of carbonyl (C=O) groups is 2. The summed E-state index contributed by atoms with van der Waals surface area (Å²) in [5.41, 5.74) is 11.0. The van der Waals surface area contributed by atoms with E-state index in [0.29, 0.717) is 0 Å². The molecule has 0 bridgehead atoms. The van der Waals surface area contributed by atoms with Crippen LogP contribution in [0, 0.1) is 11.8 Å². The standard InChI is InChI=1S/2C8H15NO2/c2*9-7(8(10)11)6-4-2-1-3-5-6/h2*6-7H,1-5,9H2,(H,10,11)/t2*7-/m00/s1. The molecule has 2 atom stereocenters. The lowest BCUT2D eigenvalue weighted by atomic mass is 9.84. The van der Waals surface area contributed by atoms with Crippen LogP contribution in [0.4, 0.5) is 0 Å². The number of carboxylic acids is 2. The van der Waals surface area contributed by atoms with Gasteiger partial charge in [-0.3, -0.25) is 9.59 Å². The third-order valence-corrected chi connectivity index (χ3v) is 4.89. The van der Waals surface area contributed by atoms with Gasteiger partial charge in [0, 0.05) is 0 Å². The number of nitrogens with two attached hydrogens (primary N) is 2. The maximum absolute atomic E-state index is 10.5. The Morgan fingerprint density at radius 1 is 0.682 bits per heavy atom. The van der Waals surface area contributed by atoms with Crippen molar-refractivity contribution in [2.45, 2.75) is 76.3 Å². The van der Waals surface area contributed by atoms with E-state index < -0.39 is 24.0 Å². The Balaban J connectivity index is 0.000000220. The lowest BCUT2D eigenvalue weighted by molar-refractivity contribution is -0.141. The second-order valence-corrected chi connectivity index (χ2v) is 6.52. The van der Waals surface area contributed by atoms with Crippen LogP contribution in [0.3, 0.4) is 0 Å². The molecule has 2 fully saturated rings. The molecule has 0 radical (unpaired) electrons. The monoisotopic (exact) mass is 314 g/mol. The highest BCUT2D eigenvalue weighted by atomic mass is 16.4. The molecule has 0 unspecified atom stereocenters. The molecule has 6 heteroatoms. The first-order chi connectivity index (χ1) is 10.4. The average Bonchev–Trinajstić information content (AvgIpc) is 2.55. The van der Waals surface area contributed by atoms with Crippen LogP contribution >= 0.6 is 0 Å². The molecule has 22 heavy (non-hydrogen) atoms. The molecule has 6 N–H and O–H groups in total. The zero-order chi connectivity index (χ0) is 16.5. The molecule has 2 aliphatic rings. The first kappa shape index (κ1) is 18.9. The Hall–Kier alpha value is -1.14. The Labute approximate surface area is 132 Å². The number of hydrogen-bond donors (Lipinski definition) is 4. The SMILES string of the molecule is N[C@H](C(=O)O)C1CCCCC1.N[C@H](C(=O)O)C1CCCCC1. The predicted octanol–water partition coefficient (Wildman–Crippen LogP) is 1.96. The Bertz CT molecular complexity index is 316. The van der Waals surface area contributed by atoms with Crippen LogP contribution in [0.15, 0.2) is 0 Å². The van der Waals surface area contributed by atoms with Crippen LogP contribution in [0.25, 0.3) is 0 Å². The second-order valence-electron chi connectivity index (χ2n) is 6.52. The van der Waals surface area contributed by atoms with E-state index in [0.717, 1.165) is 51.4 Å². The van der Waals surface area contributed by atoms with E-state index in [2.05, 4.69) is 0 Å². The van der Waals surface area contributed by atoms with Crippen LogP contribution in [-0.2, 0) is 9.59 Å². The van der Waals surface area contributed by atoms with Gasteiger partial charge in [0.15, 0.2) is 0 Å². The van der Waals surface area contributed by atoms with Crippen LogP contribution in [-0.4, -0.2) is 34.2 Å². The van der Waals surface area contributed by atoms with Crippen LogP contribution in [0.2, 0.25) is 0 Å². The smallest absolute Gasteiger partial charge is 0.320 e. The van der Waals surface area contributed by atoms with E-state index in [1.807, 2.05) is 0 Å². The number of carboxylic acid groups (broad SMARTS) is 2. The van der Waals surface area contributed by atoms with Gasteiger partial charge in [-0.05, 0) is 37.5 Å². The molecule has 6 nitrogen and oxygen atoms in total. The van der Waals surface area contributed by atoms with Crippen molar-refractivity contribution >= 4 is 11.9 Å². The number of aliphatic carboxylic acids is 2. The van der Waals surface area contributed by atoms with Gasteiger partial charge in [0.25, 0.3) is 0 Å². The van der Waals surface area contributed by atoms with Gasteiger partial charge in [-0.1, -0.05) is 38.5 Å². The summed E-state index contributed by atoms with van der Waals surface area (Å²) in [6.45, 7) is 0. The van der Waals surface area contributed by atoms with Gasteiger partial charge in [-0.15, -0.1) is 0 Å². The largest absolute Gasteiger partial charge is 0.480 e. The zero-order valence-electron chi connectivity index (χ0n) is 13.2. The van der Waals surface area contributed by atoms with E-state index >= 15 is 0 Å². The minimum atomic E-state index is -0.850. The summed E-state index contributed by atoms with van der Waals surface area (Å²) in [5, 5.41) is 17.2. The summed E-state index contributed by atoms with van der Waals surface area (Å²) >= 11 is 0. The van der Waals surface area contributed by atoms with Crippen LogP contribution in [0.5, 0.6) is 0 Å². The lowest BCUT2D eigenvalue weighted by Gasteiger charge is -2.24. The predicted molar refractivity (Wildman–Crippen MR) is 84.4 cm³/mol. The number of rotatable bonds is 4. The molecule has 0 aromatic rings. The Morgan fingerprint density at radius 2 is 0.955 bits per heavy atom. The van der Waals surface area contributed by atoms with Crippen molar-refractivity contribution in [1.29, 1.82) is 0 Å². The minimum absolute atomic E-state index is 0.223. The zero-order valence-corrected chi connectivity index (χ0v) is 13.2. The van der Waals surface area contributed by atoms with Gasteiger partial charge in [-0.25, -0.2) is 0 Å². The maximum Gasteiger partial charge on any atom is 0.320 e. The highest BCUT2D eigenvalue weighted by molar-refractivity contribution is 5.73. The fourth-order valence-electron chi connectivity index (χ4n) is 3.39. The van der Waals surface area contributed by atoms with E-state index in [9.17, 15) is 9.59 Å². The van der Waals surface area contributed by atoms with Gasteiger partial charge >= 0.3 is 11.9 Å². The minimum Gasteiger partial charge on any atom is -0.480 e. The first-order valence-corrected chi connectivity index (χ1v) is 8.40. The average molecular weight is 314 g/mol. The second kappa shape index (κ2) is 9.79. The summed E-state index contributed by atoms with van der Waals surface area (Å²) in [6.07, 6.45) is 11.0. The molecule has 128 valence electrons. The lowest BCUT2D eigenvalue weighted by Crippen LogP contribution is -2.38. The van der Waals surface area contributed by atoms with Crippen molar-refractivity contribution in [3.05, 3.63) is 0 Å². The van der Waals surface area contributed by atoms with Gasteiger partial charge in [0.05, 0.1) is 0 Å². The molecule has 0 amide bonds. The molecule has 2 aliphatic carbocycles. The van der Waals surface area contributed by atoms with Gasteiger partial charge in [0.1, 0.15) is 12.1 Å². The third kappa shape index (κ3) is 6.32. The molecule has 0 aromatic heterocycles. The Morgan fingerprint density at radius 3 is 1.18 bits per heavy atom. The highest BCUT2D eigenvalue weighted by Crippen LogP contribution is 2.26. The van der Waals surface area contributed by atoms with E-state index in [4.69, 9.17) is 21.7 Å². The fraction of sp³-hybridized carbons (Fsp3) is 0.875. The van der Waals surface area contributed by atoms with Gasteiger partial charge in [0.2, 0.25) is 0 Å². The third-order valence-electron chi connectivity index (χ3n) is 4.89. The molecule has 0 saturated heterocycles. The molecule has 0 aliphatic heterocycles. The van der Waals surface area contributed by atoms with Gasteiger partial charge < -0.3 is 21.7 Å². The van der Waals surface area contributed by atoms with Crippen molar-refractivity contribution in [2.24, 2.45) is 23.3 Å². The summed E-state index contributed by atoms with van der Waals surface area (Å²) in [7, 11) is 0. The molecular formula is C16H30N2O4. The highest BCUT2D eigenvalue weighted by Gasteiger charge is 2.26. The maximum atomic E-state index is 10.5. The molecule has 2 saturated carbocycles. The first-order valence-electron chi connectivity index (χ1n) is 8.40. The van der Waals surface area contributed by atoms with Gasteiger partial charge in [-0.2, -0.15) is 0 Å². The fourth-order valence-corrected chi connectivity index (χ4v) is 3.39. The molecule has 0 heterocycles. The normalized spacial score (nSPS) is 23.0. The van der Waals surface area contributed by atoms with Crippen molar-refractivity contribution in [3.63, 3.8) is 0 Å². The van der Waals surface area contributed by atoms with Crippen molar-refractivity contribution in [2.75, 3.05) is 0 Å². The van der Waals surface area contributed by atoms with E-state index in [1.54, 1.807) is 0 Å². The Kier molecular flexibility index (Phi) is 8.42. The summed E-state index contributed by atoms with van der Waals surface area (Å²) in [4.78, 5) is 20.9. The summed E-state index contributed by atoms with van der Waals surface area (Å²) in [6, 6.07) is -1.26. The van der Waals surface area contributed by atoms with E-state index in [-0.39, 0.29) is 11.8 Å².